The summed E-state index contributed by atoms with van der Waals surface area (Å²) < 4.78 is 5.54. The molecule has 1 N–H and O–H groups in total. The van der Waals surface area contributed by atoms with E-state index in [1.54, 1.807) is 23.7 Å². The molecule has 2 aromatic heterocycles. The van der Waals surface area contributed by atoms with Gasteiger partial charge in [0, 0.05) is 21.5 Å². The van der Waals surface area contributed by atoms with Gasteiger partial charge in [-0.25, -0.2) is 0 Å². The highest BCUT2D eigenvalue weighted by molar-refractivity contribution is 7.12. The molecule has 0 spiro atoms. The van der Waals surface area contributed by atoms with E-state index in [2.05, 4.69) is 24.9 Å². The highest BCUT2D eigenvalue weighted by atomic mass is 32.1. The van der Waals surface area contributed by atoms with Crippen molar-refractivity contribution in [1.82, 2.24) is 4.98 Å². The van der Waals surface area contributed by atoms with Crippen LogP contribution in [0, 0.1) is 0 Å². The molecule has 19 heavy (non-hydrogen) atoms. The number of aliphatic hydroxyl groups is 1. The van der Waals surface area contributed by atoms with Crippen LogP contribution in [0.15, 0.2) is 30.6 Å². The minimum atomic E-state index is -0.622. The predicted molar refractivity (Wildman–Crippen MR) is 77.8 cm³/mol. The van der Waals surface area contributed by atoms with Crippen LogP contribution in [0.3, 0.4) is 0 Å². The highest BCUT2D eigenvalue weighted by Gasteiger charge is 2.14. The Morgan fingerprint density at radius 3 is 2.84 bits per heavy atom. The topological polar surface area (TPSA) is 42.4 Å². The Kier molecular flexibility index (Phi) is 4.93. The van der Waals surface area contributed by atoms with Gasteiger partial charge in [0.2, 0.25) is 0 Å². The third kappa shape index (κ3) is 3.55. The minimum Gasteiger partial charge on any atom is -0.492 e. The zero-order valence-corrected chi connectivity index (χ0v) is 12.1. The van der Waals surface area contributed by atoms with Gasteiger partial charge in [0.1, 0.15) is 11.9 Å². The zero-order valence-electron chi connectivity index (χ0n) is 11.3. The van der Waals surface area contributed by atoms with Gasteiger partial charge in [-0.1, -0.05) is 13.8 Å². The highest BCUT2D eigenvalue weighted by Crippen LogP contribution is 2.29. The summed E-state index contributed by atoms with van der Waals surface area (Å²) in [5.41, 5.74) is 0.776. The number of ether oxygens (including phenoxy) is 1. The molecule has 0 bridgehead atoms. The van der Waals surface area contributed by atoms with E-state index < -0.39 is 6.10 Å². The van der Waals surface area contributed by atoms with Crippen molar-refractivity contribution in [3.63, 3.8) is 0 Å². The third-order valence-corrected chi connectivity index (χ3v) is 4.11. The van der Waals surface area contributed by atoms with Gasteiger partial charge in [0.25, 0.3) is 0 Å². The van der Waals surface area contributed by atoms with Crippen LogP contribution in [0.2, 0.25) is 0 Å². The Morgan fingerprint density at radius 1 is 1.32 bits per heavy atom. The summed E-state index contributed by atoms with van der Waals surface area (Å²) in [7, 11) is 0. The lowest BCUT2D eigenvalue weighted by atomic mass is 10.1. The van der Waals surface area contributed by atoms with Gasteiger partial charge in [-0.05, 0) is 31.0 Å². The van der Waals surface area contributed by atoms with Gasteiger partial charge in [0.15, 0.2) is 0 Å². The lowest BCUT2D eigenvalue weighted by Gasteiger charge is -2.10. The van der Waals surface area contributed by atoms with E-state index in [4.69, 9.17) is 4.74 Å². The number of pyridine rings is 1. The average Bonchev–Trinajstić information content (AvgIpc) is 2.93. The molecule has 0 saturated heterocycles. The molecule has 0 aliphatic carbocycles. The Morgan fingerprint density at radius 2 is 2.16 bits per heavy atom. The number of nitrogens with zero attached hydrogens (tertiary/aromatic N) is 1. The van der Waals surface area contributed by atoms with E-state index in [1.807, 2.05) is 12.1 Å². The number of hydrogen-bond acceptors (Lipinski definition) is 4. The predicted octanol–water partition coefficient (Wildman–Crippen LogP) is 3.58. The largest absolute Gasteiger partial charge is 0.492 e. The molecule has 0 saturated carbocycles. The maximum atomic E-state index is 10.4. The Balaban J connectivity index is 2.15. The molecule has 2 heterocycles. The van der Waals surface area contributed by atoms with E-state index in [9.17, 15) is 5.11 Å². The molecular formula is C15H19NO2S. The molecule has 0 amide bonds. The van der Waals surface area contributed by atoms with Gasteiger partial charge in [-0.3, -0.25) is 4.98 Å². The van der Waals surface area contributed by atoms with Crippen molar-refractivity contribution in [2.24, 2.45) is 0 Å². The van der Waals surface area contributed by atoms with Crippen LogP contribution in [0.25, 0.3) is 0 Å². The van der Waals surface area contributed by atoms with E-state index in [1.165, 1.54) is 4.88 Å². The number of aryl methyl sites for hydroxylation is 1. The van der Waals surface area contributed by atoms with E-state index in [0.717, 1.165) is 23.3 Å². The Labute approximate surface area is 117 Å². The minimum absolute atomic E-state index is 0.622. The van der Waals surface area contributed by atoms with E-state index >= 15 is 0 Å². The monoisotopic (exact) mass is 277 g/mol. The zero-order chi connectivity index (χ0) is 13.7. The summed E-state index contributed by atoms with van der Waals surface area (Å²) in [4.78, 5) is 6.36. The van der Waals surface area contributed by atoms with Crippen molar-refractivity contribution in [2.75, 3.05) is 6.61 Å². The first-order chi connectivity index (χ1) is 9.24. The summed E-state index contributed by atoms with van der Waals surface area (Å²) in [5, 5.41) is 10.4. The number of aromatic nitrogens is 1. The van der Waals surface area contributed by atoms with Gasteiger partial charge in [0.05, 0.1) is 12.8 Å². The summed E-state index contributed by atoms with van der Waals surface area (Å²) in [6.45, 7) is 4.84. The van der Waals surface area contributed by atoms with Gasteiger partial charge >= 0.3 is 0 Å². The Hall–Kier alpha value is -1.39. The van der Waals surface area contributed by atoms with Crippen molar-refractivity contribution in [3.05, 3.63) is 45.9 Å². The molecule has 0 aliphatic heterocycles. The van der Waals surface area contributed by atoms with Crippen LogP contribution >= 0.6 is 11.3 Å². The lowest BCUT2D eigenvalue weighted by molar-refractivity contribution is 0.222. The smallest absolute Gasteiger partial charge is 0.137 e. The molecule has 2 aromatic rings. The van der Waals surface area contributed by atoms with Crippen LogP contribution in [-0.4, -0.2) is 16.7 Å². The summed E-state index contributed by atoms with van der Waals surface area (Å²) in [6.07, 6.45) is 4.70. The fraction of sp³-hybridized carbons (Fsp3) is 0.400. The Bertz CT molecular complexity index is 524. The van der Waals surface area contributed by atoms with Crippen LogP contribution in [-0.2, 0) is 6.42 Å². The molecule has 2 rings (SSSR count). The van der Waals surface area contributed by atoms with Crippen LogP contribution in [0.5, 0.6) is 5.75 Å². The number of thiophene rings is 1. The number of hydrogen-bond donors (Lipinski definition) is 1. The van der Waals surface area contributed by atoms with Crippen molar-refractivity contribution in [1.29, 1.82) is 0 Å². The summed E-state index contributed by atoms with van der Waals surface area (Å²) in [5.74, 6) is 0.714. The van der Waals surface area contributed by atoms with Crippen molar-refractivity contribution < 1.29 is 9.84 Å². The van der Waals surface area contributed by atoms with Gasteiger partial charge < -0.3 is 9.84 Å². The lowest BCUT2D eigenvalue weighted by Crippen LogP contribution is -2.00. The number of aliphatic hydroxyl groups excluding tert-OH is 1. The fourth-order valence-electron chi connectivity index (χ4n) is 1.78. The summed E-state index contributed by atoms with van der Waals surface area (Å²) in [6, 6.07) is 5.90. The second-order valence-electron chi connectivity index (χ2n) is 4.36. The molecule has 0 radical (unpaired) electrons. The van der Waals surface area contributed by atoms with Crippen LogP contribution in [0.4, 0.5) is 0 Å². The fourth-order valence-corrected chi connectivity index (χ4v) is 2.75. The molecule has 3 nitrogen and oxygen atoms in total. The molecule has 0 fully saturated rings. The summed E-state index contributed by atoms with van der Waals surface area (Å²) >= 11 is 1.64. The normalized spacial score (nSPS) is 12.4. The standard InChI is InChI=1S/C15H19NO2S/c1-3-7-18-12-8-11(9-16-10-12)15(17)14-6-5-13(4-2)19-14/h5-6,8-10,15,17H,3-4,7H2,1-2H3. The van der Waals surface area contributed by atoms with Crippen molar-refractivity contribution in [2.45, 2.75) is 32.8 Å². The maximum Gasteiger partial charge on any atom is 0.137 e. The molecule has 102 valence electrons. The molecule has 0 aliphatic rings. The first-order valence-corrected chi connectivity index (χ1v) is 7.40. The first-order valence-electron chi connectivity index (χ1n) is 6.59. The van der Waals surface area contributed by atoms with E-state index in [0.29, 0.717) is 12.4 Å². The molecule has 1 unspecified atom stereocenters. The van der Waals surface area contributed by atoms with Crippen LogP contribution in [0.1, 0.15) is 41.7 Å². The molecule has 1 atom stereocenters. The first kappa shape index (κ1) is 14.0. The molecule has 4 heteroatoms. The number of rotatable bonds is 6. The quantitative estimate of drug-likeness (QED) is 0.877. The SMILES string of the molecule is CCCOc1cncc(C(O)c2ccc(CC)s2)c1. The van der Waals surface area contributed by atoms with Crippen LogP contribution < -0.4 is 4.74 Å². The maximum absolute atomic E-state index is 10.4. The van der Waals surface area contributed by atoms with Gasteiger partial charge in [-0.2, -0.15) is 0 Å². The second kappa shape index (κ2) is 6.68. The second-order valence-corrected chi connectivity index (χ2v) is 5.56. The van der Waals surface area contributed by atoms with Gasteiger partial charge in [-0.15, -0.1) is 11.3 Å². The van der Waals surface area contributed by atoms with E-state index in [-0.39, 0.29) is 0 Å². The molecule has 0 aromatic carbocycles. The van der Waals surface area contributed by atoms with Crippen molar-refractivity contribution >= 4 is 11.3 Å². The van der Waals surface area contributed by atoms with Crippen molar-refractivity contribution in [3.8, 4) is 5.75 Å². The third-order valence-electron chi connectivity index (χ3n) is 2.82. The molecular weight excluding hydrogens is 258 g/mol. The average molecular weight is 277 g/mol.